The van der Waals surface area contributed by atoms with E-state index in [0.717, 1.165) is 23.6 Å². The number of carbonyl (C=O) groups excluding carboxylic acids is 1. The van der Waals surface area contributed by atoms with Crippen molar-refractivity contribution >= 4 is 21.6 Å². The number of rotatable bonds is 5. The summed E-state index contributed by atoms with van der Waals surface area (Å²) >= 11 is 0. The highest BCUT2D eigenvalue weighted by Crippen LogP contribution is 2.48. The molecule has 3 unspecified atom stereocenters. The molecule has 1 N–H and O–H groups in total. The van der Waals surface area contributed by atoms with E-state index in [0.29, 0.717) is 23.3 Å². The van der Waals surface area contributed by atoms with Gasteiger partial charge in [0.1, 0.15) is 5.75 Å². The van der Waals surface area contributed by atoms with E-state index in [-0.39, 0.29) is 16.7 Å². The number of hydrogen-bond donors (Lipinski definition) is 1. The Balaban J connectivity index is 1.85. The Morgan fingerprint density at radius 2 is 2.00 bits per heavy atom. The number of nitrogens with one attached hydrogen (secondary N) is 1. The molecule has 2 aliphatic rings. The van der Waals surface area contributed by atoms with Gasteiger partial charge < -0.3 is 10.1 Å². The van der Waals surface area contributed by atoms with E-state index >= 15 is 0 Å². The Morgan fingerprint density at radius 3 is 2.54 bits per heavy atom. The molecule has 0 aromatic heterocycles. The monoisotopic (exact) mass is 352 g/mol. The Kier molecular flexibility index (Phi) is 4.57. The van der Waals surface area contributed by atoms with Crippen molar-refractivity contribution < 1.29 is 17.9 Å². The van der Waals surface area contributed by atoms with Gasteiger partial charge in [0.05, 0.1) is 17.7 Å². The number of nitrogens with zero attached hydrogens (tertiary/aromatic N) is 1. The summed E-state index contributed by atoms with van der Waals surface area (Å²) in [5.41, 5.74) is 0.410. The molecule has 24 heavy (non-hydrogen) atoms. The van der Waals surface area contributed by atoms with Gasteiger partial charge in [-0.25, -0.2) is 12.7 Å². The summed E-state index contributed by atoms with van der Waals surface area (Å²) in [6.45, 7) is 0. The van der Waals surface area contributed by atoms with Crippen LogP contribution in [0.4, 0.5) is 5.69 Å². The van der Waals surface area contributed by atoms with Crippen LogP contribution in [0.3, 0.4) is 0 Å². The third-order valence-electron chi connectivity index (χ3n) is 5.28. The number of methoxy groups -OCH3 is 1. The van der Waals surface area contributed by atoms with E-state index in [4.69, 9.17) is 4.74 Å². The molecule has 2 saturated carbocycles. The first kappa shape index (κ1) is 17.2. The van der Waals surface area contributed by atoms with E-state index in [1.54, 1.807) is 6.07 Å². The maximum Gasteiger partial charge on any atom is 0.242 e. The molecular formula is C17H24N2O4S. The van der Waals surface area contributed by atoms with Crippen LogP contribution in [0.2, 0.25) is 0 Å². The van der Waals surface area contributed by atoms with Crippen LogP contribution >= 0.6 is 0 Å². The fraction of sp³-hybridized carbons (Fsp3) is 0.588. The number of carbonyl (C=O) groups is 1. The number of amides is 1. The Hall–Kier alpha value is -1.60. The second kappa shape index (κ2) is 6.37. The van der Waals surface area contributed by atoms with Crippen molar-refractivity contribution in [3.8, 4) is 5.75 Å². The first-order valence-electron chi connectivity index (χ1n) is 8.24. The van der Waals surface area contributed by atoms with E-state index in [1.807, 2.05) is 0 Å². The topological polar surface area (TPSA) is 75.7 Å². The van der Waals surface area contributed by atoms with Crippen molar-refractivity contribution in [2.24, 2.45) is 17.8 Å². The lowest BCUT2D eigenvalue weighted by atomic mass is 9.88. The molecule has 0 aliphatic heterocycles. The van der Waals surface area contributed by atoms with E-state index in [2.05, 4.69) is 5.32 Å². The summed E-state index contributed by atoms with van der Waals surface area (Å²) in [4.78, 5) is 12.8. The molecule has 3 atom stereocenters. The predicted molar refractivity (Wildman–Crippen MR) is 91.4 cm³/mol. The van der Waals surface area contributed by atoms with Crippen LogP contribution in [0.1, 0.15) is 25.7 Å². The highest BCUT2D eigenvalue weighted by molar-refractivity contribution is 7.89. The standard InChI is InChI=1S/C17H24N2O4S/c1-19(2)24(21,22)13-6-7-16(23-3)15(10-13)18-17(20)14-9-11-4-5-12(14)8-11/h6-7,10-12,14H,4-5,8-9H2,1-3H3,(H,18,20). The zero-order valence-corrected chi connectivity index (χ0v) is 15.1. The fourth-order valence-electron chi connectivity index (χ4n) is 3.95. The number of ether oxygens (including phenoxy) is 1. The van der Waals surface area contributed by atoms with Crippen molar-refractivity contribution in [2.45, 2.75) is 30.6 Å². The van der Waals surface area contributed by atoms with Crippen LogP contribution in [0.5, 0.6) is 5.75 Å². The molecule has 2 aliphatic carbocycles. The van der Waals surface area contributed by atoms with E-state index in [9.17, 15) is 13.2 Å². The average Bonchev–Trinajstić information content (AvgIpc) is 3.17. The summed E-state index contributed by atoms with van der Waals surface area (Å²) in [7, 11) is 0.900. The molecule has 1 amide bonds. The van der Waals surface area contributed by atoms with Crippen molar-refractivity contribution in [3.05, 3.63) is 18.2 Å². The van der Waals surface area contributed by atoms with Crippen molar-refractivity contribution in [1.29, 1.82) is 0 Å². The van der Waals surface area contributed by atoms with Gasteiger partial charge in [0, 0.05) is 20.0 Å². The van der Waals surface area contributed by atoms with Gasteiger partial charge in [-0.15, -0.1) is 0 Å². The first-order valence-corrected chi connectivity index (χ1v) is 9.68. The summed E-state index contributed by atoms with van der Waals surface area (Å²) < 4.78 is 31.0. The molecule has 1 aromatic rings. The molecule has 0 radical (unpaired) electrons. The number of benzene rings is 1. The van der Waals surface area contributed by atoms with Crippen molar-refractivity contribution in [2.75, 3.05) is 26.5 Å². The Morgan fingerprint density at radius 1 is 1.25 bits per heavy atom. The maximum atomic E-state index is 12.6. The quantitative estimate of drug-likeness (QED) is 0.882. The molecule has 0 saturated heterocycles. The van der Waals surface area contributed by atoms with Crippen LogP contribution in [-0.4, -0.2) is 39.8 Å². The van der Waals surface area contributed by atoms with Crippen LogP contribution < -0.4 is 10.1 Å². The lowest BCUT2D eigenvalue weighted by Crippen LogP contribution is -2.27. The van der Waals surface area contributed by atoms with Crippen LogP contribution in [0, 0.1) is 17.8 Å². The zero-order chi connectivity index (χ0) is 17.5. The minimum Gasteiger partial charge on any atom is -0.495 e. The van der Waals surface area contributed by atoms with Crippen LogP contribution in [0.25, 0.3) is 0 Å². The third-order valence-corrected chi connectivity index (χ3v) is 7.09. The first-order chi connectivity index (χ1) is 11.3. The number of anilines is 1. The van der Waals surface area contributed by atoms with Gasteiger partial charge in [0.15, 0.2) is 0 Å². The van der Waals surface area contributed by atoms with Gasteiger partial charge in [-0.3, -0.25) is 4.79 Å². The second-order valence-corrected chi connectivity index (χ2v) is 9.07. The smallest absolute Gasteiger partial charge is 0.242 e. The van der Waals surface area contributed by atoms with Gasteiger partial charge in [-0.2, -0.15) is 0 Å². The molecule has 132 valence electrons. The third kappa shape index (κ3) is 3.02. The second-order valence-electron chi connectivity index (χ2n) is 6.92. The Labute approximate surface area is 143 Å². The number of sulfonamides is 1. The molecule has 0 spiro atoms. The molecule has 2 bridgehead atoms. The van der Waals surface area contributed by atoms with Crippen LogP contribution in [-0.2, 0) is 14.8 Å². The summed E-state index contributed by atoms with van der Waals surface area (Å²) in [6, 6.07) is 4.54. The molecule has 0 heterocycles. The lowest BCUT2D eigenvalue weighted by Gasteiger charge is -2.22. The molecule has 1 aromatic carbocycles. The summed E-state index contributed by atoms with van der Waals surface area (Å²) in [5.74, 6) is 1.61. The molecule has 7 heteroatoms. The maximum absolute atomic E-state index is 12.6. The summed E-state index contributed by atoms with van der Waals surface area (Å²) in [5, 5.41) is 2.89. The number of hydrogen-bond acceptors (Lipinski definition) is 4. The molecular weight excluding hydrogens is 328 g/mol. The molecule has 6 nitrogen and oxygen atoms in total. The van der Waals surface area contributed by atoms with Crippen molar-refractivity contribution in [3.63, 3.8) is 0 Å². The van der Waals surface area contributed by atoms with E-state index < -0.39 is 10.0 Å². The normalized spacial score (nSPS) is 25.9. The lowest BCUT2D eigenvalue weighted by molar-refractivity contribution is -0.121. The minimum absolute atomic E-state index is 0.0279. The predicted octanol–water partition coefficient (Wildman–Crippen LogP) is 2.32. The van der Waals surface area contributed by atoms with Crippen LogP contribution in [0.15, 0.2) is 23.1 Å². The SMILES string of the molecule is COc1ccc(S(=O)(=O)N(C)C)cc1NC(=O)C1CC2CCC1C2. The minimum atomic E-state index is -3.56. The Bertz CT molecular complexity index is 745. The highest BCUT2D eigenvalue weighted by Gasteiger charge is 2.43. The molecule has 2 fully saturated rings. The fourth-order valence-corrected chi connectivity index (χ4v) is 4.88. The van der Waals surface area contributed by atoms with Gasteiger partial charge in [-0.05, 0) is 49.3 Å². The number of fused-ring (bicyclic) bond motifs is 2. The summed E-state index contributed by atoms with van der Waals surface area (Å²) in [6.07, 6.45) is 4.43. The van der Waals surface area contributed by atoms with Gasteiger partial charge in [0.2, 0.25) is 15.9 Å². The largest absolute Gasteiger partial charge is 0.495 e. The van der Waals surface area contributed by atoms with Gasteiger partial charge in [0.25, 0.3) is 0 Å². The average molecular weight is 352 g/mol. The highest BCUT2D eigenvalue weighted by atomic mass is 32.2. The van der Waals surface area contributed by atoms with E-state index in [1.165, 1.54) is 39.8 Å². The van der Waals surface area contributed by atoms with Crippen molar-refractivity contribution in [1.82, 2.24) is 4.31 Å². The molecule has 3 rings (SSSR count). The zero-order valence-electron chi connectivity index (χ0n) is 14.3. The van der Waals surface area contributed by atoms with Gasteiger partial charge in [-0.1, -0.05) is 6.42 Å². The van der Waals surface area contributed by atoms with Gasteiger partial charge >= 0.3 is 0 Å².